The molecular weight excluding hydrogens is 172 g/mol. The van der Waals surface area contributed by atoms with E-state index in [1.165, 1.54) is 32.6 Å². The molecule has 1 atom stereocenters. The lowest BCUT2D eigenvalue weighted by Crippen LogP contribution is -2.52. The van der Waals surface area contributed by atoms with Crippen LogP contribution in [0.25, 0.3) is 0 Å². The van der Waals surface area contributed by atoms with E-state index in [1.807, 2.05) is 0 Å². The zero-order valence-electron chi connectivity index (χ0n) is 10.2. The van der Waals surface area contributed by atoms with Crippen molar-refractivity contribution in [3.63, 3.8) is 0 Å². The van der Waals surface area contributed by atoms with Gasteiger partial charge in [0.2, 0.25) is 0 Å². The fourth-order valence-electron chi connectivity index (χ4n) is 2.29. The minimum atomic E-state index is 0.770. The number of rotatable bonds is 4. The summed E-state index contributed by atoms with van der Waals surface area (Å²) in [6, 6.07) is 0.770. The van der Waals surface area contributed by atoms with E-state index in [-0.39, 0.29) is 0 Å². The summed E-state index contributed by atoms with van der Waals surface area (Å²) < 4.78 is 0. The van der Waals surface area contributed by atoms with Gasteiger partial charge in [-0.3, -0.25) is 4.90 Å². The van der Waals surface area contributed by atoms with Gasteiger partial charge in [-0.25, -0.2) is 0 Å². The Morgan fingerprint density at radius 1 is 1.21 bits per heavy atom. The highest BCUT2D eigenvalue weighted by Gasteiger charge is 2.22. The lowest BCUT2D eigenvalue weighted by molar-refractivity contribution is 0.127. The van der Waals surface area contributed by atoms with Crippen molar-refractivity contribution >= 4 is 0 Å². The minimum absolute atomic E-state index is 0.770. The molecule has 1 saturated heterocycles. The monoisotopic (exact) mass is 198 g/mol. The van der Waals surface area contributed by atoms with Crippen LogP contribution in [0.15, 0.2) is 0 Å². The Morgan fingerprint density at radius 2 is 1.93 bits per heavy atom. The molecular formula is C12H26N2. The van der Waals surface area contributed by atoms with Crippen LogP contribution in [0.2, 0.25) is 0 Å². The summed E-state index contributed by atoms with van der Waals surface area (Å²) in [5, 5.41) is 3.50. The summed E-state index contributed by atoms with van der Waals surface area (Å²) in [6.07, 6.45) is 1.33. The van der Waals surface area contributed by atoms with Crippen LogP contribution in [0, 0.1) is 11.8 Å². The van der Waals surface area contributed by atoms with Gasteiger partial charge in [-0.15, -0.1) is 0 Å². The van der Waals surface area contributed by atoms with Crippen molar-refractivity contribution in [1.82, 2.24) is 10.2 Å². The average molecular weight is 198 g/mol. The third-order valence-electron chi connectivity index (χ3n) is 2.82. The summed E-state index contributed by atoms with van der Waals surface area (Å²) in [6.45, 7) is 14.1. The first kappa shape index (κ1) is 12.0. The molecule has 1 unspecified atom stereocenters. The molecule has 14 heavy (non-hydrogen) atoms. The van der Waals surface area contributed by atoms with Gasteiger partial charge >= 0.3 is 0 Å². The third-order valence-corrected chi connectivity index (χ3v) is 2.82. The van der Waals surface area contributed by atoms with Gasteiger partial charge in [0.25, 0.3) is 0 Å². The number of piperazine rings is 1. The Balaban J connectivity index is 2.41. The number of nitrogens with zero attached hydrogens (tertiary/aromatic N) is 1. The van der Waals surface area contributed by atoms with E-state index in [4.69, 9.17) is 0 Å². The van der Waals surface area contributed by atoms with E-state index in [2.05, 4.69) is 37.9 Å². The first-order valence-corrected chi connectivity index (χ1v) is 6.04. The molecule has 2 nitrogen and oxygen atoms in total. The van der Waals surface area contributed by atoms with Crippen LogP contribution in [-0.4, -0.2) is 37.1 Å². The van der Waals surface area contributed by atoms with Crippen LogP contribution in [0.1, 0.15) is 34.1 Å². The Hall–Kier alpha value is -0.0800. The maximum absolute atomic E-state index is 3.50. The molecule has 1 rings (SSSR count). The van der Waals surface area contributed by atoms with Crippen LogP contribution in [-0.2, 0) is 0 Å². The van der Waals surface area contributed by atoms with E-state index in [0.29, 0.717) is 0 Å². The zero-order valence-corrected chi connectivity index (χ0v) is 10.2. The molecule has 1 N–H and O–H groups in total. The third kappa shape index (κ3) is 3.97. The Bertz CT molecular complexity index is 136. The second-order valence-corrected chi connectivity index (χ2v) is 5.38. The molecule has 0 saturated carbocycles. The molecule has 0 amide bonds. The van der Waals surface area contributed by atoms with Crippen LogP contribution >= 0.6 is 0 Å². The van der Waals surface area contributed by atoms with E-state index >= 15 is 0 Å². The number of hydrogen-bond donors (Lipinski definition) is 1. The van der Waals surface area contributed by atoms with Gasteiger partial charge in [-0.05, 0) is 18.3 Å². The zero-order chi connectivity index (χ0) is 10.6. The first-order chi connectivity index (χ1) is 6.59. The van der Waals surface area contributed by atoms with E-state index < -0.39 is 0 Å². The quantitative estimate of drug-likeness (QED) is 0.743. The lowest BCUT2D eigenvalue weighted by atomic mass is 10.00. The van der Waals surface area contributed by atoms with Crippen molar-refractivity contribution in [2.24, 2.45) is 11.8 Å². The second-order valence-electron chi connectivity index (χ2n) is 5.38. The van der Waals surface area contributed by atoms with Gasteiger partial charge in [-0.2, -0.15) is 0 Å². The summed E-state index contributed by atoms with van der Waals surface area (Å²) >= 11 is 0. The smallest absolute Gasteiger partial charge is 0.0223 e. The first-order valence-electron chi connectivity index (χ1n) is 6.04. The highest BCUT2D eigenvalue weighted by Crippen LogP contribution is 2.14. The van der Waals surface area contributed by atoms with Crippen molar-refractivity contribution in [3.8, 4) is 0 Å². The van der Waals surface area contributed by atoms with E-state index in [1.54, 1.807) is 0 Å². The molecule has 2 heteroatoms. The number of nitrogens with one attached hydrogen (secondary N) is 1. The Labute approximate surface area is 89.1 Å². The molecule has 0 aliphatic carbocycles. The maximum atomic E-state index is 3.50. The molecule has 1 fully saturated rings. The Morgan fingerprint density at radius 3 is 2.50 bits per heavy atom. The molecule has 84 valence electrons. The van der Waals surface area contributed by atoms with Gasteiger partial charge in [-0.1, -0.05) is 27.7 Å². The average Bonchev–Trinajstić information content (AvgIpc) is 2.06. The molecule has 0 radical (unpaired) electrons. The van der Waals surface area contributed by atoms with Crippen molar-refractivity contribution in [2.45, 2.75) is 40.2 Å². The van der Waals surface area contributed by atoms with Crippen molar-refractivity contribution in [1.29, 1.82) is 0 Å². The van der Waals surface area contributed by atoms with Crippen LogP contribution in [0.5, 0.6) is 0 Å². The van der Waals surface area contributed by atoms with Crippen LogP contribution in [0.4, 0.5) is 0 Å². The summed E-state index contributed by atoms with van der Waals surface area (Å²) in [5.74, 6) is 1.61. The highest BCUT2D eigenvalue weighted by molar-refractivity contribution is 4.80. The van der Waals surface area contributed by atoms with Gasteiger partial charge in [0.1, 0.15) is 0 Å². The lowest BCUT2D eigenvalue weighted by Gasteiger charge is -2.38. The molecule has 0 bridgehead atoms. The number of hydrogen-bond acceptors (Lipinski definition) is 2. The second kappa shape index (κ2) is 5.72. The minimum Gasteiger partial charge on any atom is -0.314 e. The Kier molecular flexibility index (Phi) is 4.90. The fraction of sp³-hybridized carbons (Fsp3) is 1.00. The SMILES string of the molecule is CC(C)CC1CNCCN1CC(C)C. The maximum Gasteiger partial charge on any atom is 0.0223 e. The van der Waals surface area contributed by atoms with Gasteiger partial charge in [0.05, 0.1) is 0 Å². The molecule has 0 aromatic heterocycles. The molecule has 1 heterocycles. The van der Waals surface area contributed by atoms with Gasteiger partial charge in [0.15, 0.2) is 0 Å². The molecule has 1 aliphatic heterocycles. The van der Waals surface area contributed by atoms with E-state index in [0.717, 1.165) is 17.9 Å². The standard InChI is InChI=1S/C12H26N2/c1-10(2)7-12-8-13-5-6-14(12)9-11(3)4/h10-13H,5-9H2,1-4H3. The molecule has 0 aromatic carbocycles. The fourth-order valence-corrected chi connectivity index (χ4v) is 2.29. The molecule has 0 aromatic rings. The van der Waals surface area contributed by atoms with Gasteiger partial charge in [0, 0.05) is 32.2 Å². The summed E-state index contributed by atoms with van der Waals surface area (Å²) in [4.78, 5) is 2.67. The predicted molar refractivity (Wildman–Crippen MR) is 62.5 cm³/mol. The largest absolute Gasteiger partial charge is 0.314 e. The van der Waals surface area contributed by atoms with Crippen LogP contribution in [0.3, 0.4) is 0 Å². The molecule has 0 spiro atoms. The molecule has 1 aliphatic rings. The van der Waals surface area contributed by atoms with Crippen molar-refractivity contribution in [2.75, 3.05) is 26.2 Å². The van der Waals surface area contributed by atoms with Crippen molar-refractivity contribution in [3.05, 3.63) is 0 Å². The van der Waals surface area contributed by atoms with Crippen LogP contribution < -0.4 is 5.32 Å². The topological polar surface area (TPSA) is 15.3 Å². The normalized spacial score (nSPS) is 24.9. The predicted octanol–water partition coefficient (Wildman–Crippen LogP) is 1.96. The van der Waals surface area contributed by atoms with Crippen molar-refractivity contribution < 1.29 is 0 Å². The summed E-state index contributed by atoms with van der Waals surface area (Å²) in [7, 11) is 0. The summed E-state index contributed by atoms with van der Waals surface area (Å²) in [5.41, 5.74) is 0. The highest BCUT2D eigenvalue weighted by atomic mass is 15.2. The van der Waals surface area contributed by atoms with E-state index in [9.17, 15) is 0 Å². The van der Waals surface area contributed by atoms with Gasteiger partial charge < -0.3 is 5.32 Å².